The van der Waals surface area contributed by atoms with Gasteiger partial charge in [0.25, 0.3) is 11.8 Å². The SMILES string of the molecule is NCC(NC(=O)c1ccc(C#C/C=C/c2ccc(CN3CCOCC3)cc2)cc1)C(=O)NO. The summed E-state index contributed by atoms with van der Waals surface area (Å²) in [4.78, 5) is 26.0. The largest absolute Gasteiger partial charge is 0.379 e. The summed E-state index contributed by atoms with van der Waals surface area (Å²) < 4.78 is 5.38. The van der Waals surface area contributed by atoms with Crippen LogP contribution in [0.15, 0.2) is 54.6 Å². The highest BCUT2D eigenvalue weighted by molar-refractivity contribution is 5.97. The van der Waals surface area contributed by atoms with Crippen LogP contribution in [-0.2, 0) is 16.1 Å². The maximum absolute atomic E-state index is 12.2. The standard InChI is InChI=1S/C25H28N4O4/c26-17-23(25(31)28-32)27-24(30)22-11-9-20(10-12-22)4-2-1-3-19-5-7-21(8-6-19)18-29-13-15-33-16-14-29/h1,3,5-12,23,32H,13-18,26H2,(H,27,30)(H,28,31)/b3-1+. The molecule has 0 saturated carbocycles. The van der Waals surface area contributed by atoms with E-state index in [1.54, 1.807) is 30.3 Å². The number of morpholine rings is 1. The highest BCUT2D eigenvalue weighted by atomic mass is 16.5. The summed E-state index contributed by atoms with van der Waals surface area (Å²) in [5.41, 5.74) is 10.4. The van der Waals surface area contributed by atoms with E-state index < -0.39 is 17.9 Å². The van der Waals surface area contributed by atoms with Gasteiger partial charge in [0.1, 0.15) is 6.04 Å². The van der Waals surface area contributed by atoms with Crippen LogP contribution in [0, 0.1) is 11.8 Å². The van der Waals surface area contributed by atoms with E-state index in [-0.39, 0.29) is 6.54 Å². The molecule has 8 nitrogen and oxygen atoms in total. The molecule has 2 aromatic rings. The molecular formula is C25H28N4O4. The van der Waals surface area contributed by atoms with Crippen LogP contribution in [0.4, 0.5) is 0 Å². The number of benzene rings is 2. The molecule has 2 aromatic carbocycles. The number of hydrogen-bond donors (Lipinski definition) is 4. The van der Waals surface area contributed by atoms with Crippen LogP contribution >= 0.6 is 0 Å². The Bertz CT molecular complexity index is 1020. The lowest BCUT2D eigenvalue weighted by Gasteiger charge is -2.26. The first-order valence-electron chi connectivity index (χ1n) is 10.7. The third kappa shape index (κ3) is 7.56. The summed E-state index contributed by atoms with van der Waals surface area (Å²) in [6.45, 7) is 4.34. The third-order valence-corrected chi connectivity index (χ3v) is 5.18. The number of rotatable bonds is 7. The molecule has 0 spiro atoms. The molecule has 2 amide bonds. The number of allylic oxidation sites excluding steroid dienone is 1. The second-order valence-corrected chi connectivity index (χ2v) is 7.55. The Morgan fingerprint density at radius 1 is 1.12 bits per heavy atom. The van der Waals surface area contributed by atoms with Gasteiger partial charge < -0.3 is 15.8 Å². The molecule has 1 aliphatic rings. The summed E-state index contributed by atoms with van der Waals surface area (Å²) in [6, 6.07) is 14.1. The van der Waals surface area contributed by atoms with Gasteiger partial charge in [0.15, 0.2) is 0 Å². The molecule has 0 aliphatic carbocycles. The molecular weight excluding hydrogens is 420 g/mol. The molecule has 3 rings (SSSR count). The molecule has 8 heteroatoms. The van der Waals surface area contributed by atoms with Gasteiger partial charge in [-0.3, -0.25) is 19.7 Å². The van der Waals surface area contributed by atoms with Crippen molar-refractivity contribution in [3.8, 4) is 11.8 Å². The Hall–Kier alpha value is -3.48. The second kappa shape index (κ2) is 12.5. The van der Waals surface area contributed by atoms with Crippen molar-refractivity contribution < 1.29 is 19.5 Å². The molecule has 5 N–H and O–H groups in total. The fraction of sp³-hybridized carbons (Fsp3) is 0.280. The van der Waals surface area contributed by atoms with Gasteiger partial charge in [-0.25, -0.2) is 5.48 Å². The molecule has 0 aromatic heterocycles. The predicted octanol–water partition coefficient (Wildman–Crippen LogP) is 1.15. The van der Waals surface area contributed by atoms with Crippen molar-refractivity contribution in [1.29, 1.82) is 0 Å². The van der Waals surface area contributed by atoms with Crippen molar-refractivity contribution >= 4 is 17.9 Å². The highest BCUT2D eigenvalue weighted by Crippen LogP contribution is 2.10. The molecule has 0 radical (unpaired) electrons. The number of hydrogen-bond acceptors (Lipinski definition) is 6. The zero-order valence-corrected chi connectivity index (χ0v) is 18.3. The normalized spacial score (nSPS) is 14.8. The molecule has 172 valence electrons. The maximum Gasteiger partial charge on any atom is 0.267 e. The minimum absolute atomic E-state index is 0.134. The highest BCUT2D eigenvalue weighted by Gasteiger charge is 2.19. The lowest BCUT2D eigenvalue weighted by atomic mass is 10.1. The molecule has 1 aliphatic heterocycles. The van der Waals surface area contributed by atoms with Gasteiger partial charge in [-0.2, -0.15) is 0 Å². The second-order valence-electron chi connectivity index (χ2n) is 7.55. The van der Waals surface area contributed by atoms with Crippen molar-refractivity contribution in [2.24, 2.45) is 5.73 Å². The summed E-state index contributed by atoms with van der Waals surface area (Å²) in [6.07, 6.45) is 3.74. The van der Waals surface area contributed by atoms with E-state index in [9.17, 15) is 9.59 Å². The first-order valence-corrected chi connectivity index (χ1v) is 10.7. The summed E-state index contributed by atoms with van der Waals surface area (Å²) >= 11 is 0. The summed E-state index contributed by atoms with van der Waals surface area (Å²) in [5.74, 6) is 4.78. The van der Waals surface area contributed by atoms with Gasteiger partial charge >= 0.3 is 0 Å². The van der Waals surface area contributed by atoms with E-state index in [0.717, 1.165) is 44.0 Å². The van der Waals surface area contributed by atoms with Crippen molar-refractivity contribution in [3.63, 3.8) is 0 Å². The molecule has 1 atom stereocenters. The molecule has 1 fully saturated rings. The van der Waals surface area contributed by atoms with E-state index in [0.29, 0.717) is 5.56 Å². The van der Waals surface area contributed by atoms with Crippen molar-refractivity contribution in [1.82, 2.24) is 15.7 Å². The zero-order valence-electron chi connectivity index (χ0n) is 18.3. The Labute approximate surface area is 193 Å². The molecule has 1 unspecified atom stereocenters. The van der Waals surface area contributed by atoms with Gasteiger partial charge in [-0.05, 0) is 47.5 Å². The lowest BCUT2D eigenvalue weighted by Crippen LogP contribution is -2.50. The molecule has 1 heterocycles. The third-order valence-electron chi connectivity index (χ3n) is 5.18. The van der Waals surface area contributed by atoms with Gasteiger partial charge in [0.05, 0.1) is 13.2 Å². The van der Waals surface area contributed by atoms with Gasteiger partial charge in [-0.15, -0.1) is 0 Å². The zero-order chi connectivity index (χ0) is 23.5. The van der Waals surface area contributed by atoms with Crippen LogP contribution in [0.1, 0.15) is 27.0 Å². The van der Waals surface area contributed by atoms with Gasteiger partial charge in [-0.1, -0.05) is 36.1 Å². The van der Waals surface area contributed by atoms with Crippen LogP contribution in [0.2, 0.25) is 0 Å². The Kier molecular flexibility index (Phi) is 9.18. The number of ether oxygens (including phenoxy) is 1. The van der Waals surface area contributed by atoms with Crippen molar-refractivity contribution in [2.75, 3.05) is 32.8 Å². The monoisotopic (exact) mass is 448 g/mol. The van der Waals surface area contributed by atoms with E-state index in [1.165, 1.54) is 11.0 Å². The molecule has 33 heavy (non-hydrogen) atoms. The quantitative estimate of drug-likeness (QED) is 0.287. The van der Waals surface area contributed by atoms with Crippen molar-refractivity contribution in [2.45, 2.75) is 12.6 Å². The number of nitrogens with zero attached hydrogens (tertiary/aromatic N) is 1. The smallest absolute Gasteiger partial charge is 0.267 e. The first kappa shape index (κ1) is 24.2. The average Bonchev–Trinajstić information content (AvgIpc) is 2.86. The number of hydroxylamine groups is 1. The minimum Gasteiger partial charge on any atom is -0.379 e. The number of amides is 2. The average molecular weight is 449 g/mol. The van der Waals surface area contributed by atoms with Gasteiger partial charge in [0.2, 0.25) is 0 Å². The first-order chi connectivity index (χ1) is 16.1. The number of carbonyl (C=O) groups excluding carboxylic acids is 2. The molecule has 1 saturated heterocycles. The summed E-state index contributed by atoms with van der Waals surface area (Å²) in [7, 11) is 0. The van der Waals surface area contributed by atoms with Crippen LogP contribution in [-0.4, -0.2) is 60.8 Å². The van der Waals surface area contributed by atoms with E-state index in [2.05, 4.69) is 46.3 Å². The predicted molar refractivity (Wildman–Crippen MR) is 125 cm³/mol. The lowest BCUT2D eigenvalue weighted by molar-refractivity contribution is -0.130. The number of nitrogens with two attached hydrogens (primary N) is 1. The van der Waals surface area contributed by atoms with E-state index >= 15 is 0 Å². The van der Waals surface area contributed by atoms with Crippen LogP contribution in [0.25, 0.3) is 6.08 Å². The topological polar surface area (TPSA) is 117 Å². The van der Waals surface area contributed by atoms with Gasteiger partial charge in [0, 0.05) is 37.3 Å². The Morgan fingerprint density at radius 2 is 1.82 bits per heavy atom. The van der Waals surface area contributed by atoms with E-state index in [1.807, 2.05) is 6.08 Å². The van der Waals surface area contributed by atoms with E-state index in [4.69, 9.17) is 15.7 Å². The fourth-order valence-electron chi connectivity index (χ4n) is 3.27. The number of nitrogens with one attached hydrogen (secondary N) is 2. The maximum atomic E-state index is 12.2. The minimum atomic E-state index is -1.01. The molecule has 0 bridgehead atoms. The van der Waals surface area contributed by atoms with Crippen LogP contribution in [0.3, 0.4) is 0 Å². The van der Waals surface area contributed by atoms with Crippen LogP contribution in [0.5, 0.6) is 0 Å². The van der Waals surface area contributed by atoms with Crippen LogP contribution < -0.4 is 16.5 Å². The fourth-order valence-corrected chi connectivity index (χ4v) is 3.27. The Morgan fingerprint density at radius 3 is 2.45 bits per heavy atom. The van der Waals surface area contributed by atoms with Crippen molar-refractivity contribution in [3.05, 3.63) is 76.9 Å². The summed E-state index contributed by atoms with van der Waals surface area (Å²) in [5, 5.41) is 11.1. The Balaban J connectivity index is 1.51. The number of carbonyl (C=O) groups is 2.